The second-order valence-electron chi connectivity index (χ2n) is 9.75. The number of amides is 3. The van der Waals surface area contributed by atoms with E-state index in [1.165, 1.54) is 23.1 Å². The lowest BCUT2D eigenvalue weighted by molar-refractivity contribution is -0.155. The maximum atomic E-state index is 13.4. The molecule has 0 aromatic heterocycles. The molecule has 0 aliphatic carbocycles. The summed E-state index contributed by atoms with van der Waals surface area (Å²) in [6, 6.07) is 11.1. The molecule has 0 N–H and O–H groups in total. The minimum absolute atomic E-state index is 0.143. The van der Waals surface area contributed by atoms with Crippen molar-refractivity contribution in [2.75, 3.05) is 45.2 Å². The lowest BCUT2D eigenvalue weighted by Crippen LogP contribution is -2.42. The van der Waals surface area contributed by atoms with Crippen molar-refractivity contribution in [1.82, 2.24) is 9.80 Å². The predicted octanol–water partition coefficient (Wildman–Crippen LogP) is 3.23. The summed E-state index contributed by atoms with van der Waals surface area (Å²) in [5, 5.41) is 0. The van der Waals surface area contributed by atoms with Gasteiger partial charge in [-0.1, -0.05) is 0 Å². The van der Waals surface area contributed by atoms with Crippen molar-refractivity contribution in [3.8, 4) is 5.75 Å². The molecule has 0 radical (unpaired) electrons. The van der Waals surface area contributed by atoms with Crippen LogP contribution in [-0.2, 0) is 9.53 Å². The fraction of sp³-hybridized carbons (Fsp3) is 0.407. The Morgan fingerprint density at radius 1 is 0.917 bits per heavy atom. The van der Waals surface area contributed by atoms with E-state index >= 15 is 0 Å². The van der Waals surface area contributed by atoms with Crippen molar-refractivity contribution in [3.63, 3.8) is 0 Å². The molecule has 0 saturated heterocycles. The Morgan fingerprint density at radius 3 is 2.14 bits per heavy atom. The van der Waals surface area contributed by atoms with Gasteiger partial charge in [0.15, 0.2) is 0 Å². The number of nitrogens with zero attached hydrogens (tertiary/aromatic N) is 3. The van der Waals surface area contributed by atoms with Gasteiger partial charge < -0.3 is 19.3 Å². The molecule has 1 aliphatic heterocycles. The number of hydrogen-bond donors (Lipinski definition) is 0. The van der Waals surface area contributed by atoms with Gasteiger partial charge in [0.25, 0.3) is 17.7 Å². The van der Waals surface area contributed by atoms with Gasteiger partial charge in [0.2, 0.25) is 0 Å². The summed E-state index contributed by atoms with van der Waals surface area (Å²) in [5.41, 5.74) is 0.306. The molecule has 192 valence electrons. The summed E-state index contributed by atoms with van der Waals surface area (Å²) >= 11 is 0. The third-order valence-electron chi connectivity index (χ3n) is 5.38. The van der Waals surface area contributed by atoms with Gasteiger partial charge in [0, 0.05) is 18.7 Å². The fourth-order valence-corrected chi connectivity index (χ4v) is 3.75. The topological polar surface area (TPSA) is 96.5 Å². The van der Waals surface area contributed by atoms with Crippen molar-refractivity contribution in [2.45, 2.75) is 33.3 Å². The van der Waals surface area contributed by atoms with E-state index in [9.17, 15) is 19.2 Å². The molecule has 0 bridgehead atoms. The number of anilines is 1. The smallest absolute Gasteiger partial charge is 0.326 e. The van der Waals surface area contributed by atoms with Crippen LogP contribution in [0.3, 0.4) is 0 Å². The number of benzene rings is 2. The molecule has 0 atom stereocenters. The average molecular weight is 496 g/mol. The van der Waals surface area contributed by atoms with Gasteiger partial charge in [-0.2, -0.15) is 0 Å². The molecule has 0 fully saturated rings. The van der Waals surface area contributed by atoms with Crippen LogP contribution in [0.4, 0.5) is 5.69 Å². The van der Waals surface area contributed by atoms with Gasteiger partial charge in [-0.25, -0.2) is 4.90 Å². The van der Waals surface area contributed by atoms with Crippen molar-refractivity contribution in [3.05, 3.63) is 59.2 Å². The highest BCUT2D eigenvalue weighted by Crippen LogP contribution is 2.30. The molecule has 0 unspecified atom stereocenters. The van der Waals surface area contributed by atoms with E-state index in [-0.39, 0.29) is 29.8 Å². The maximum Gasteiger partial charge on any atom is 0.326 e. The first-order valence-corrected chi connectivity index (χ1v) is 11.8. The van der Waals surface area contributed by atoms with Crippen LogP contribution in [0.1, 0.15) is 58.8 Å². The number of rotatable bonds is 9. The standard InChI is InChI=1S/C27H33N3O6/c1-7-35-20-11-9-19(10-12-20)30-25(33)21-13-8-18(16-22(21)26(30)34)24(32)29(15-14-28(5)6)17-23(31)36-27(2,3)4/h8-13,16H,7,14-15,17H2,1-6H3. The molecule has 2 aromatic rings. The molecule has 3 amide bonds. The minimum atomic E-state index is -0.683. The van der Waals surface area contributed by atoms with Crippen LogP contribution >= 0.6 is 0 Å². The summed E-state index contributed by atoms with van der Waals surface area (Å²) in [6.45, 7) is 8.24. The number of carbonyl (C=O) groups is 4. The molecule has 2 aromatic carbocycles. The van der Waals surface area contributed by atoms with Gasteiger partial charge in [-0.15, -0.1) is 0 Å². The van der Waals surface area contributed by atoms with Crippen molar-refractivity contribution >= 4 is 29.4 Å². The molecular formula is C27H33N3O6. The number of hydrogen-bond acceptors (Lipinski definition) is 7. The van der Waals surface area contributed by atoms with Gasteiger partial charge in [0.05, 0.1) is 23.4 Å². The highest BCUT2D eigenvalue weighted by atomic mass is 16.6. The van der Waals surface area contributed by atoms with Crippen LogP contribution < -0.4 is 9.64 Å². The van der Waals surface area contributed by atoms with Crippen LogP contribution in [-0.4, -0.2) is 79.4 Å². The van der Waals surface area contributed by atoms with E-state index in [0.717, 1.165) is 4.90 Å². The second kappa shape index (κ2) is 10.9. The van der Waals surface area contributed by atoms with Gasteiger partial charge in [0.1, 0.15) is 17.9 Å². The van der Waals surface area contributed by atoms with E-state index < -0.39 is 29.3 Å². The molecule has 1 aliphatic rings. The highest BCUT2D eigenvalue weighted by molar-refractivity contribution is 6.34. The number of carbonyl (C=O) groups excluding carboxylic acids is 4. The van der Waals surface area contributed by atoms with Crippen LogP contribution in [0.15, 0.2) is 42.5 Å². The zero-order valence-electron chi connectivity index (χ0n) is 21.7. The first kappa shape index (κ1) is 26.9. The Morgan fingerprint density at radius 2 is 1.56 bits per heavy atom. The Hall–Kier alpha value is -3.72. The van der Waals surface area contributed by atoms with E-state index in [1.54, 1.807) is 45.0 Å². The summed E-state index contributed by atoms with van der Waals surface area (Å²) in [6.07, 6.45) is 0. The number of esters is 1. The van der Waals surface area contributed by atoms with Crippen molar-refractivity contribution < 1.29 is 28.7 Å². The number of imide groups is 1. The monoisotopic (exact) mass is 495 g/mol. The largest absolute Gasteiger partial charge is 0.494 e. The van der Waals surface area contributed by atoms with E-state index in [2.05, 4.69) is 0 Å². The van der Waals surface area contributed by atoms with Gasteiger partial charge in [-0.05, 0) is 84.3 Å². The number of ether oxygens (including phenoxy) is 2. The normalized spacial score (nSPS) is 13.1. The Labute approximate surface area is 211 Å². The molecule has 3 rings (SSSR count). The zero-order valence-corrected chi connectivity index (χ0v) is 21.7. The van der Waals surface area contributed by atoms with Crippen LogP contribution in [0, 0.1) is 0 Å². The molecule has 0 spiro atoms. The second-order valence-corrected chi connectivity index (χ2v) is 9.75. The predicted molar refractivity (Wildman–Crippen MR) is 135 cm³/mol. The molecule has 36 heavy (non-hydrogen) atoms. The lowest BCUT2D eigenvalue weighted by Gasteiger charge is -2.26. The Balaban J connectivity index is 1.85. The van der Waals surface area contributed by atoms with Crippen molar-refractivity contribution in [2.24, 2.45) is 0 Å². The summed E-state index contributed by atoms with van der Waals surface area (Å²) < 4.78 is 10.8. The van der Waals surface area contributed by atoms with Crippen molar-refractivity contribution in [1.29, 1.82) is 0 Å². The fourth-order valence-electron chi connectivity index (χ4n) is 3.75. The minimum Gasteiger partial charge on any atom is -0.494 e. The zero-order chi connectivity index (χ0) is 26.6. The Kier molecular flexibility index (Phi) is 8.14. The molecule has 9 nitrogen and oxygen atoms in total. The maximum absolute atomic E-state index is 13.4. The van der Waals surface area contributed by atoms with Gasteiger partial charge in [-0.3, -0.25) is 19.2 Å². The average Bonchev–Trinajstić information content (AvgIpc) is 3.05. The number of likely N-dealkylation sites (N-methyl/N-ethyl adjacent to an activating group) is 1. The Bertz CT molecular complexity index is 1150. The van der Waals surface area contributed by atoms with E-state index in [0.29, 0.717) is 24.6 Å². The summed E-state index contributed by atoms with van der Waals surface area (Å²) in [4.78, 5) is 56.4. The molecule has 9 heteroatoms. The van der Waals surface area contributed by atoms with E-state index in [4.69, 9.17) is 9.47 Å². The highest BCUT2D eigenvalue weighted by Gasteiger charge is 2.37. The first-order chi connectivity index (χ1) is 16.9. The molecular weight excluding hydrogens is 462 g/mol. The SMILES string of the molecule is CCOc1ccc(N2C(=O)c3ccc(C(=O)N(CCN(C)C)CC(=O)OC(C)(C)C)cc3C2=O)cc1. The summed E-state index contributed by atoms with van der Waals surface area (Å²) in [5.74, 6) is -1.29. The third-order valence-corrected chi connectivity index (χ3v) is 5.38. The molecule has 1 heterocycles. The first-order valence-electron chi connectivity index (χ1n) is 11.8. The van der Waals surface area contributed by atoms with Crippen LogP contribution in [0.2, 0.25) is 0 Å². The van der Waals surface area contributed by atoms with Crippen LogP contribution in [0.25, 0.3) is 0 Å². The van der Waals surface area contributed by atoms with Gasteiger partial charge >= 0.3 is 5.97 Å². The number of fused-ring (bicyclic) bond motifs is 1. The lowest BCUT2D eigenvalue weighted by atomic mass is 10.0. The third kappa shape index (κ3) is 6.28. The summed E-state index contributed by atoms with van der Waals surface area (Å²) in [7, 11) is 3.73. The quantitative estimate of drug-likeness (QED) is 0.389. The molecule has 0 saturated carbocycles. The van der Waals surface area contributed by atoms with Crippen LogP contribution in [0.5, 0.6) is 5.75 Å². The van der Waals surface area contributed by atoms with E-state index in [1.807, 2.05) is 25.9 Å².